The van der Waals surface area contributed by atoms with E-state index in [1.165, 1.54) is 12.1 Å². The van der Waals surface area contributed by atoms with Gasteiger partial charge in [-0.15, -0.1) is 0 Å². The van der Waals surface area contributed by atoms with Crippen LogP contribution in [0.3, 0.4) is 0 Å². The van der Waals surface area contributed by atoms with Crippen molar-refractivity contribution in [1.29, 1.82) is 0 Å². The number of pyridine rings is 1. The zero-order valence-corrected chi connectivity index (χ0v) is 12.9. The predicted molar refractivity (Wildman–Crippen MR) is 82.2 cm³/mol. The fourth-order valence-corrected chi connectivity index (χ4v) is 2.60. The number of thioether (sulfide) groups is 1. The lowest BCUT2D eigenvalue weighted by atomic mass is 10.1. The molecule has 0 bridgehead atoms. The van der Waals surface area contributed by atoms with Crippen LogP contribution in [-0.4, -0.2) is 28.1 Å². The van der Waals surface area contributed by atoms with Gasteiger partial charge in [0.05, 0.1) is 0 Å². The van der Waals surface area contributed by atoms with Crippen LogP contribution in [0.2, 0.25) is 0 Å². The van der Waals surface area contributed by atoms with Gasteiger partial charge in [0.1, 0.15) is 0 Å². The highest BCUT2D eigenvalue weighted by atomic mass is 32.2. The van der Waals surface area contributed by atoms with Crippen molar-refractivity contribution in [3.63, 3.8) is 0 Å². The minimum absolute atomic E-state index is 0.330. The van der Waals surface area contributed by atoms with E-state index in [9.17, 15) is 0 Å². The highest BCUT2D eigenvalue weighted by Gasteiger charge is 2.16. The van der Waals surface area contributed by atoms with Crippen LogP contribution in [0.25, 0.3) is 0 Å². The van der Waals surface area contributed by atoms with Gasteiger partial charge in [0.25, 0.3) is 0 Å². The zero-order chi connectivity index (χ0) is 13.4. The van der Waals surface area contributed by atoms with Crippen molar-refractivity contribution >= 4 is 11.8 Å². The third-order valence-corrected chi connectivity index (χ3v) is 4.02. The quantitative estimate of drug-likeness (QED) is 0.817. The Morgan fingerprint density at radius 2 is 2.11 bits per heavy atom. The number of rotatable bonds is 7. The molecular weight excluding hydrogens is 240 g/mol. The molecule has 18 heavy (non-hydrogen) atoms. The van der Waals surface area contributed by atoms with Crippen LogP contribution in [0.4, 0.5) is 0 Å². The minimum Gasteiger partial charge on any atom is -0.313 e. The molecule has 0 spiro atoms. The van der Waals surface area contributed by atoms with Crippen molar-refractivity contribution < 1.29 is 0 Å². The second kappa shape index (κ2) is 7.80. The van der Waals surface area contributed by atoms with E-state index in [1.807, 2.05) is 24.0 Å². The predicted octanol–water partition coefficient (Wildman–Crippen LogP) is 3.52. The third-order valence-electron chi connectivity index (χ3n) is 2.58. The van der Waals surface area contributed by atoms with Crippen molar-refractivity contribution in [1.82, 2.24) is 10.3 Å². The summed E-state index contributed by atoms with van der Waals surface area (Å²) in [5, 5.41) is 3.63. The molecule has 2 nitrogen and oxygen atoms in total. The molecule has 1 aromatic rings. The van der Waals surface area contributed by atoms with E-state index in [4.69, 9.17) is 0 Å². The van der Waals surface area contributed by atoms with E-state index in [-0.39, 0.29) is 0 Å². The van der Waals surface area contributed by atoms with Gasteiger partial charge < -0.3 is 5.32 Å². The summed E-state index contributed by atoms with van der Waals surface area (Å²) in [7, 11) is 0. The van der Waals surface area contributed by atoms with Crippen molar-refractivity contribution in [2.75, 3.05) is 12.3 Å². The summed E-state index contributed by atoms with van der Waals surface area (Å²) in [6.07, 6.45) is 4.08. The van der Waals surface area contributed by atoms with E-state index in [0.717, 1.165) is 18.7 Å². The Kier molecular flexibility index (Phi) is 6.72. The monoisotopic (exact) mass is 266 g/mol. The smallest absolute Gasteiger partial charge is 0.0419 e. The molecule has 3 heteroatoms. The molecule has 0 radical (unpaired) electrons. The van der Waals surface area contributed by atoms with Gasteiger partial charge >= 0.3 is 0 Å². The maximum Gasteiger partial charge on any atom is 0.0419 e. The highest BCUT2D eigenvalue weighted by Crippen LogP contribution is 2.24. The average Bonchev–Trinajstić information content (AvgIpc) is 2.33. The first-order valence-electron chi connectivity index (χ1n) is 6.78. The van der Waals surface area contributed by atoms with Crippen LogP contribution in [0.5, 0.6) is 0 Å². The van der Waals surface area contributed by atoms with Crippen LogP contribution in [0, 0.1) is 0 Å². The molecule has 1 heterocycles. The van der Waals surface area contributed by atoms with E-state index in [0.29, 0.717) is 10.8 Å². The lowest BCUT2D eigenvalue weighted by Crippen LogP contribution is -2.35. The average molecular weight is 266 g/mol. The van der Waals surface area contributed by atoms with Crippen LogP contribution in [0.1, 0.15) is 39.8 Å². The van der Waals surface area contributed by atoms with Crippen molar-refractivity contribution in [2.24, 2.45) is 0 Å². The first kappa shape index (κ1) is 15.5. The highest BCUT2D eigenvalue weighted by molar-refractivity contribution is 8.00. The number of hydrogen-bond donors (Lipinski definition) is 1. The second-order valence-electron chi connectivity index (χ2n) is 5.60. The van der Waals surface area contributed by atoms with Gasteiger partial charge in [0.15, 0.2) is 0 Å². The molecule has 0 aliphatic rings. The molecule has 0 saturated carbocycles. The molecule has 0 fully saturated rings. The lowest BCUT2D eigenvalue weighted by Gasteiger charge is -2.23. The molecule has 1 aromatic heterocycles. The van der Waals surface area contributed by atoms with Crippen LogP contribution >= 0.6 is 11.8 Å². The van der Waals surface area contributed by atoms with Gasteiger partial charge in [0.2, 0.25) is 0 Å². The van der Waals surface area contributed by atoms with Crippen molar-refractivity contribution in [2.45, 2.75) is 51.3 Å². The van der Waals surface area contributed by atoms with Crippen LogP contribution in [0.15, 0.2) is 24.4 Å². The normalized spacial score (nSPS) is 13.6. The number of nitrogens with one attached hydrogen (secondary N) is 1. The van der Waals surface area contributed by atoms with Gasteiger partial charge in [-0.25, -0.2) is 0 Å². The fraction of sp³-hybridized carbons (Fsp3) is 0.667. The third kappa shape index (κ3) is 7.02. The Hall–Kier alpha value is -0.540. The maximum absolute atomic E-state index is 4.42. The molecule has 0 aromatic carbocycles. The summed E-state index contributed by atoms with van der Waals surface area (Å²) in [6, 6.07) is 6.67. The summed E-state index contributed by atoms with van der Waals surface area (Å²) in [6.45, 7) is 10.1. The van der Waals surface area contributed by atoms with E-state index in [1.54, 1.807) is 0 Å². The lowest BCUT2D eigenvalue weighted by molar-refractivity contribution is 0.543. The van der Waals surface area contributed by atoms with Gasteiger partial charge in [0, 0.05) is 34.9 Å². The summed E-state index contributed by atoms with van der Waals surface area (Å²) in [5.41, 5.74) is 1.18. The van der Waals surface area contributed by atoms with Crippen LogP contribution in [-0.2, 0) is 6.42 Å². The van der Waals surface area contributed by atoms with Gasteiger partial charge in [-0.2, -0.15) is 11.8 Å². The molecule has 0 aliphatic heterocycles. The van der Waals surface area contributed by atoms with Gasteiger partial charge in [-0.1, -0.05) is 33.8 Å². The van der Waals surface area contributed by atoms with Crippen LogP contribution < -0.4 is 5.32 Å². The molecule has 1 rings (SSSR count). The molecular formula is C15H26N2S. The molecule has 1 unspecified atom stereocenters. The van der Waals surface area contributed by atoms with Crippen molar-refractivity contribution in [3.05, 3.63) is 30.1 Å². The van der Waals surface area contributed by atoms with E-state index >= 15 is 0 Å². The number of nitrogens with zero attached hydrogens (tertiary/aromatic N) is 1. The number of aromatic nitrogens is 1. The topological polar surface area (TPSA) is 24.9 Å². The summed E-state index contributed by atoms with van der Waals surface area (Å²) in [5.74, 6) is 1.14. The Bertz CT molecular complexity index is 319. The SMILES string of the molecule is CCCNC(CSC(C)(C)C)Cc1ccccn1. The second-order valence-corrected chi connectivity index (χ2v) is 7.45. The Morgan fingerprint density at radius 3 is 2.67 bits per heavy atom. The summed E-state index contributed by atoms with van der Waals surface area (Å²) in [4.78, 5) is 4.42. The Balaban J connectivity index is 2.50. The fourth-order valence-electron chi connectivity index (χ4n) is 1.66. The van der Waals surface area contributed by atoms with E-state index < -0.39 is 0 Å². The van der Waals surface area contributed by atoms with E-state index in [2.05, 4.69) is 50.1 Å². The molecule has 0 amide bonds. The first-order valence-corrected chi connectivity index (χ1v) is 7.77. The first-order chi connectivity index (χ1) is 8.51. The molecule has 0 saturated heterocycles. The molecule has 102 valence electrons. The van der Waals surface area contributed by atoms with Crippen molar-refractivity contribution in [3.8, 4) is 0 Å². The molecule has 0 aliphatic carbocycles. The summed E-state index contributed by atoms with van der Waals surface area (Å²) >= 11 is 2.02. The maximum atomic E-state index is 4.42. The molecule has 1 N–H and O–H groups in total. The molecule has 1 atom stereocenters. The Morgan fingerprint density at radius 1 is 1.33 bits per heavy atom. The Labute approximate surface area is 116 Å². The summed E-state index contributed by atoms with van der Waals surface area (Å²) < 4.78 is 0.330. The zero-order valence-electron chi connectivity index (χ0n) is 12.1. The minimum atomic E-state index is 0.330. The van der Waals surface area contributed by atoms with Gasteiger partial charge in [-0.3, -0.25) is 4.98 Å². The largest absolute Gasteiger partial charge is 0.313 e. The number of hydrogen-bond acceptors (Lipinski definition) is 3. The standard InChI is InChI=1S/C15H26N2S/c1-5-9-16-14(12-18-15(2,3)4)11-13-8-6-7-10-17-13/h6-8,10,14,16H,5,9,11-12H2,1-4H3. The van der Waals surface area contributed by atoms with Gasteiger partial charge in [-0.05, 0) is 25.1 Å².